The molecule has 0 aromatic heterocycles. The lowest BCUT2D eigenvalue weighted by molar-refractivity contribution is -0.139. The largest absolute Gasteiger partial charge is 0.482 e. The number of imide groups is 1. The normalized spacial score (nSPS) is 12.5. The SMILES string of the molecule is COCCOCCOCCOCCOCCOCCOCCOCCOCCOCCOCCOCCNC(=O)C(Cc1ccc(OCC(=O)O)cc1)NC(=O)CCOCCOCCOCCOCCN1C(=O)c2ccccc2C1=O. The second kappa shape index (κ2) is 49.7. The summed E-state index contributed by atoms with van der Waals surface area (Å²) in [5, 5.41) is 14.5. The van der Waals surface area contributed by atoms with Crippen molar-refractivity contribution >= 4 is 29.6 Å². The third-order valence-corrected chi connectivity index (χ3v) is 11.0. The van der Waals surface area contributed by atoms with E-state index in [2.05, 4.69) is 10.6 Å². The molecule has 460 valence electrons. The molecule has 26 nitrogen and oxygen atoms in total. The summed E-state index contributed by atoms with van der Waals surface area (Å²) in [5.41, 5.74) is 1.52. The van der Waals surface area contributed by atoms with Crippen LogP contribution in [-0.2, 0) is 96.6 Å². The van der Waals surface area contributed by atoms with E-state index < -0.39 is 30.4 Å². The van der Waals surface area contributed by atoms with Gasteiger partial charge in [-0.25, -0.2) is 4.79 Å². The molecule has 81 heavy (non-hydrogen) atoms. The molecule has 1 aliphatic rings. The number of fused-ring (bicyclic) bond motifs is 1. The molecule has 26 heteroatoms. The minimum absolute atomic E-state index is 0.00141. The minimum atomic E-state index is -1.11. The molecule has 2 aromatic carbocycles. The van der Waals surface area contributed by atoms with Crippen molar-refractivity contribution in [1.82, 2.24) is 15.5 Å². The molecule has 3 rings (SSSR count). The number of hydrogen-bond acceptors (Lipinski definition) is 22. The molecule has 0 saturated carbocycles. The van der Waals surface area contributed by atoms with Gasteiger partial charge in [0.1, 0.15) is 11.8 Å². The number of carbonyl (C=O) groups excluding carboxylic acids is 4. The molecule has 2 aromatic rings. The molecular formula is C55H87N3O23. The first kappa shape index (κ1) is 70.4. The van der Waals surface area contributed by atoms with Crippen LogP contribution in [0.15, 0.2) is 48.5 Å². The highest BCUT2D eigenvalue weighted by molar-refractivity contribution is 6.21. The maximum atomic E-state index is 13.3. The standard InChI is InChI=1S/C55H87N3O23/c1-65-16-17-69-24-25-73-30-31-75-34-35-77-38-39-79-42-43-80-41-40-78-37-36-76-33-32-74-29-27-71-22-19-67-14-11-56-53(62)50(44-46-6-8-47(9-7-46)81-45-52(60)61)57-51(59)10-13-66-18-21-70-26-28-72-23-20-68-15-12-58-54(63)48-4-2-3-5-49(48)55(58)64/h2-9,50H,10-45H2,1H3,(H,56,62)(H,57,59)(H,60,61). The van der Waals surface area contributed by atoms with Gasteiger partial charge in [0.25, 0.3) is 11.8 Å². The summed E-state index contributed by atoms with van der Waals surface area (Å²) in [6.07, 6.45) is 0.155. The fourth-order valence-electron chi connectivity index (χ4n) is 6.92. The van der Waals surface area contributed by atoms with Crippen LogP contribution in [0.4, 0.5) is 0 Å². The zero-order valence-corrected chi connectivity index (χ0v) is 47.0. The minimum Gasteiger partial charge on any atom is -0.482 e. The summed E-state index contributed by atoms with van der Waals surface area (Å²) in [6, 6.07) is 12.4. The van der Waals surface area contributed by atoms with Gasteiger partial charge in [-0.05, 0) is 29.8 Å². The van der Waals surface area contributed by atoms with Crippen LogP contribution in [0.25, 0.3) is 0 Å². The Morgan fingerprint density at radius 3 is 1.17 bits per heavy atom. The Hall–Kier alpha value is -4.85. The topological polar surface area (TPSA) is 290 Å². The van der Waals surface area contributed by atoms with Gasteiger partial charge in [-0.2, -0.15) is 0 Å². The molecule has 0 spiro atoms. The van der Waals surface area contributed by atoms with Crippen molar-refractivity contribution in [3.05, 3.63) is 65.2 Å². The van der Waals surface area contributed by atoms with Crippen LogP contribution >= 0.6 is 0 Å². The van der Waals surface area contributed by atoms with E-state index in [1.54, 1.807) is 55.6 Å². The number of hydrogen-bond donors (Lipinski definition) is 3. The first-order chi connectivity index (χ1) is 39.8. The summed E-state index contributed by atoms with van der Waals surface area (Å²) in [6.45, 7) is 12.2. The number of methoxy groups -OCH3 is 1. The lowest BCUT2D eigenvalue weighted by atomic mass is 10.0. The lowest BCUT2D eigenvalue weighted by Crippen LogP contribution is -2.48. The highest BCUT2D eigenvalue weighted by Crippen LogP contribution is 2.22. The molecule has 1 heterocycles. The quantitative estimate of drug-likeness (QED) is 0.0612. The third kappa shape index (κ3) is 37.1. The zero-order valence-electron chi connectivity index (χ0n) is 47.0. The second-order valence-corrected chi connectivity index (χ2v) is 17.2. The number of carboxylic acids is 1. The van der Waals surface area contributed by atoms with Crippen LogP contribution in [0.1, 0.15) is 32.7 Å². The molecule has 0 saturated heterocycles. The number of nitrogens with zero attached hydrogens (tertiary/aromatic N) is 1. The van der Waals surface area contributed by atoms with E-state index in [0.717, 1.165) is 0 Å². The molecule has 0 radical (unpaired) electrons. The number of nitrogens with one attached hydrogen (secondary N) is 2. The molecule has 1 atom stereocenters. The van der Waals surface area contributed by atoms with Gasteiger partial charge >= 0.3 is 5.97 Å². The molecule has 3 N–H and O–H groups in total. The van der Waals surface area contributed by atoms with Crippen LogP contribution in [0.3, 0.4) is 0 Å². The van der Waals surface area contributed by atoms with E-state index in [4.69, 9.17) is 85.6 Å². The predicted octanol–water partition coefficient (Wildman–Crippen LogP) is 0.875. The van der Waals surface area contributed by atoms with Crippen molar-refractivity contribution in [2.24, 2.45) is 0 Å². The lowest BCUT2D eigenvalue weighted by Gasteiger charge is -2.19. The van der Waals surface area contributed by atoms with Crippen LogP contribution < -0.4 is 15.4 Å². The zero-order chi connectivity index (χ0) is 57.9. The van der Waals surface area contributed by atoms with Crippen LogP contribution in [-0.4, -0.2) is 277 Å². The van der Waals surface area contributed by atoms with Crippen molar-refractivity contribution in [2.45, 2.75) is 18.9 Å². The van der Waals surface area contributed by atoms with E-state index in [-0.39, 0.29) is 77.4 Å². The van der Waals surface area contributed by atoms with Gasteiger partial charge in [-0.15, -0.1) is 0 Å². The maximum absolute atomic E-state index is 13.3. The number of carboxylic acid groups (broad SMARTS) is 1. The molecule has 4 amide bonds. The van der Waals surface area contributed by atoms with Crippen LogP contribution in [0.5, 0.6) is 5.75 Å². The number of aliphatic carboxylic acids is 1. The average Bonchev–Trinajstić information content (AvgIpc) is 3.73. The molecule has 1 aliphatic heterocycles. The van der Waals surface area contributed by atoms with Crippen LogP contribution in [0, 0.1) is 0 Å². The summed E-state index contributed by atoms with van der Waals surface area (Å²) in [5.74, 6) is -2.20. The van der Waals surface area contributed by atoms with Gasteiger partial charge in [0.2, 0.25) is 11.8 Å². The smallest absolute Gasteiger partial charge is 0.341 e. The van der Waals surface area contributed by atoms with E-state index in [9.17, 15) is 24.0 Å². The van der Waals surface area contributed by atoms with Gasteiger partial charge in [-0.1, -0.05) is 24.3 Å². The number of amides is 4. The summed E-state index contributed by atoms with van der Waals surface area (Å²) >= 11 is 0. The van der Waals surface area contributed by atoms with E-state index in [1.807, 2.05) is 0 Å². The van der Waals surface area contributed by atoms with Gasteiger partial charge < -0.3 is 96.3 Å². The van der Waals surface area contributed by atoms with Crippen molar-refractivity contribution in [2.75, 3.05) is 232 Å². The Balaban J connectivity index is 1.09. The summed E-state index contributed by atoms with van der Waals surface area (Å²) in [4.78, 5) is 63.1. The maximum Gasteiger partial charge on any atom is 0.341 e. The average molecular weight is 1160 g/mol. The monoisotopic (exact) mass is 1160 g/mol. The van der Waals surface area contributed by atoms with E-state index in [0.29, 0.717) is 188 Å². The molecule has 0 fully saturated rings. The van der Waals surface area contributed by atoms with Gasteiger partial charge in [0.15, 0.2) is 6.61 Å². The van der Waals surface area contributed by atoms with Gasteiger partial charge in [0, 0.05) is 26.5 Å². The highest BCUT2D eigenvalue weighted by atomic mass is 16.6. The Morgan fingerprint density at radius 1 is 0.457 bits per heavy atom. The first-order valence-corrected chi connectivity index (χ1v) is 27.4. The van der Waals surface area contributed by atoms with Crippen molar-refractivity contribution < 1.29 is 110 Å². The number of benzene rings is 2. The number of rotatable bonds is 58. The Labute approximate surface area is 475 Å². The predicted molar refractivity (Wildman–Crippen MR) is 289 cm³/mol. The molecular weight excluding hydrogens is 1070 g/mol. The van der Waals surface area contributed by atoms with Crippen molar-refractivity contribution in [3.8, 4) is 5.75 Å². The first-order valence-electron chi connectivity index (χ1n) is 27.4. The number of carbonyl (C=O) groups is 5. The molecule has 0 aliphatic carbocycles. The van der Waals surface area contributed by atoms with Crippen molar-refractivity contribution in [1.29, 1.82) is 0 Å². The summed E-state index contributed by atoms with van der Waals surface area (Å²) < 4.78 is 92.6. The van der Waals surface area contributed by atoms with Gasteiger partial charge in [-0.3, -0.25) is 24.1 Å². The third-order valence-electron chi connectivity index (χ3n) is 11.0. The Morgan fingerprint density at radius 2 is 0.802 bits per heavy atom. The second-order valence-electron chi connectivity index (χ2n) is 17.2. The summed E-state index contributed by atoms with van der Waals surface area (Å²) in [7, 11) is 1.63. The molecule has 1 unspecified atom stereocenters. The molecule has 0 bridgehead atoms. The van der Waals surface area contributed by atoms with Crippen LogP contribution in [0.2, 0.25) is 0 Å². The fourth-order valence-corrected chi connectivity index (χ4v) is 6.92. The highest BCUT2D eigenvalue weighted by Gasteiger charge is 2.34. The van der Waals surface area contributed by atoms with E-state index in [1.165, 1.54) is 4.90 Å². The van der Waals surface area contributed by atoms with Crippen molar-refractivity contribution in [3.63, 3.8) is 0 Å². The van der Waals surface area contributed by atoms with Gasteiger partial charge in [0.05, 0.1) is 222 Å². The fraction of sp³-hybridized carbons (Fsp3) is 0.691. The van der Waals surface area contributed by atoms with E-state index >= 15 is 0 Å². The Kier molecular flexibility index (Phi) is 43.2. The Bertz CT molecular complexity index is 1880. The number of ether oxygens (including phenoxy) is 17.